The second-order valence-electron chi connectivity index (χ2n) is 3.78. The molecule has 1 heterocycles. The maximum Gasteiger partial charge on any atom is 0.330 e. The SMILES string of the molecule is COCCOCC(=O)NC1(C(=O)O)CCSC1. The molecule has 1 amide bonds. The molecule has 6 nitrogen and oxygen atoms in total. The summed E-state index contributed by atoms with van der Waals surface area (Å²) in [7, 11) is 1.54. The fourth-order valence-corrected chi connectivity index (χ4v) is 2.82. The zero-order chi connectivity index (χ0) is 12.7. The third-order valence-corrected chi connectivity index (χ3v) is 3.66. The van der Waals surface area contributed by atoms with E-state index in [9.17, 15) is 9.59 Å². The normalized spacial score (nSPS) is 23.6. The van der Waals surface area contributed by atoms with Crippen molar-refractivity contribution in [1.29, 1.82) is 0 Å². The molecule has 0 bridgehead atoms. The van der Waals surface area contributed by atoms with Crippen molar-refractivity contribution in [2.45, 2.75) is 12.0 Å². The molecule has 7 heteroatoms. The molecule has 1 aliphatic rings. The van der Waals surface area contributed by atoms with Crippen molar-refractivity contribution < 1.29 is 24.2 Å². The monoisotopic (exact) mass is 263 g/mol. The Kier molecular flexibility index (Phi) is 5.73. The molecule has 0 radical (unpaired) electrons. The zero-order valence-electron chi connectivity index (χ0n) is 9.73. The van der Waals surface area contributed by atoms with Gasteiger partial charge in [0.25, 0.3) is 0 Å². The van der Waals surface area contributed by atoms with Crippen molar-refractivity contribution in [3.8, 4) is 0 Å². The molecule has 0 aromatic carbocycles. The smallest absolute Gasteiger partial charge is 0.330 e. The Balaban J connectivity index is 2.35. The number of carbonyl (C=O) groups is 2. The predicted molar refractivity (Wildman–Crippen MR) is 63.1 cm³/mol. The van der Waals surface area contributed by atoms with Crippen molar-refractivity contribution in [2.24, 2.45) is 0 Å². The minimum Gasteiger partial charge on any atom is -0.479 e. The Morgan fingerprint density at radius 1 is 1.47 bits per heavy atom. The Morgan fingerprint density at radius 2 is 2.24 bits per heavy atom. The van der Waals surface area contributed by atoms with Gasteiger partial charge in [-0.05, 0) is 12.2 Å². The standard InChI is InChI=1S/C10H17NO5S/c1-15-3-4-16-6-8(12)11-10(9(13)14)2-5-17-7-10/h2-7H2,1H3,(H,11,12)(H,13,14). The molecule has 1 atom stereocenters. The summed E-state index contributed by atoms with van der Waals surface area (Å²) >= 11 is 1.53. The average Bonchev–Trinajstić information content (AvgIpc) is 2.74. The van der Waals surface area contributed by atoms with Crippen molar-refractivity contribution in [3.63, 3.8) is 0 Å². The summed E-state index contributed by atoms with van der Waals surface area (Å²) in [6.07, 6.45) is 0.455. The summed E-state index contributed by atoms with van der Waals surface area (Å²) in [5.41, 5.74) is -1.12. The van der Waals surface area contributed by atoms with Crippen LogP contribution in [0.5, 0.6) is 0 Å². The van der Waals surface area contributed by atoms with Gasteiger partial charge in [0.1, 0.15) is 12.1 Å². The quantitative estimate of drug-likeness (QED) is 0.615. The number of hydrogen-bond donors (Lipinski definition) is 2. The number of thioether (sulfide) groups is 1. The van der Waals surface area contributed by atoms with Gasteiger partial charge in [0.2, 0.25) is 5.91 Å². The van der Waals surface area contributed by atoms with Gasteiger partial charge in [0.05, 0.1) is 13.2 Å². The molecule has 0 saturated carbocycles. The van der Waals surface area contributed by atoms with Crippen LogP contribution in [0.2, 0.25) is 0 Å². The molecule has 1 rings (SSSR count). The lowest BCUT2D eigenvalue weighted by Crippen LogP contribution is -2.55. The minimum atomic E-state index is -1.12. The van der Waals surface area contributed by atoms with Gasteiger partial charge in [-0.1, -0.05) is 0 Å². The number of methoxy groups -OCH3 is 1. The van der Waals surface area contributed by atoms with E-state index >= 15 is 0 Å². The van der Waals surface area contributed by atoms with Crippen LogP contribution < -0.4 is 5.32 Å². The van der Waals surface area contributed by atoms with Crippen LogP contribution in [0.15, 0.2) is 0 Å². The summed E-state index contributed by atoms with van der Waals surface area (Å²) in [6.45, 7) is 0.592. The first-order valence-corrected chi connectivity index (χ1v) is 6.45. The van der Waals surface area contributed by atoms with Crippen LogP contribution in [0.3, 0.4) is 0 Å². The van der Waals surface area contributed by atoms with Crippen molar-refractivity contribution in [3.05, 3.63) is 0 Å². The van der Waals surface area contributed by atoms with E-state index in [1.54, 1.807) is 7.11 Å². The highest BCUT2D eigenvalue weighted by Gasteiger charge is 2.43. The number of ether oxygens (including phenoxy) is 2. The van der Waals surface area contributed by atoms with Gasteiger partial charge in [0.15, 0.2) is 0 Å². The Bertz CT molecular complexity index is 278. The van der Waals surface area contributed by atoms with Gasteiger partial charge in [-0.2, -0.15) is 11.8 Å². The predicted octanol–water partition coefficient (Wildman–Crippen LogP) is -0.274. The molecule has 1 unspecified atom stereocenters. The summed E-state index contributed by atoms with van der Waals surface area (Å²) in [6, 6.07) is 0. The molecule has 0 aromatic rings. The fourth-order valence-electron chi connectivity index (χ4n) is 1.50. The van der Waals surface area contributed by atoms with Crippen molar-refractivity contribution in [1.82, 2.24) is 5.32 Å². The molecular formula is C10H17NO5S. The van der Waals surface area contributed by atoms with Crippen LogP contribution in [0, 0.1) is 0 Å². The Labute approximate surface area is 104 Å². The Morgan fingerprint density at radius 3 is 2.76 bits per heavy atom. The molecule has 2 N–H and O–H groups in total. The van der Waals surface area contributed by atoms with E-state index in [0.29, 0.717) is 25.4 Å². The van der Waals surface area contributed by atoms with Gasteiger partial charge < -0.3 is 19.9 Å². The summed E-state index contributed by atoms with van der Waals surface area (Å²) in [4.78, 5) is 22.7. The first-order chi connectivity index (χ1) is 8.10. The number of carboxylic acids is 1. The molecule has 0 aromatic heterocycles. The third kappa shape index (κ3) is 4.18. The lowest BCUT2D eigenvalue weighted by Gasteiger charge is -2.24. The lowest BCUT2D eigenvalue weighted by atomic mass is 9.99. The molecule has 98 valence electrons. The van der Waals surface area contributed by atoms with Crippen LogP contribution in [0.25, 0.3) is 0 Å². The van der Waals surface area contributed by atoms with E-state index in [0.717, 1.165) is 5.75 Å². The highest BCUT2D eigenvalue weighted by atomic mass is 32.2. The van der Waals surface area contributed by atoms with E-state index in [-0.39, 0.29) is 6.61 Å². The first-order valence-electron chi connectivity index (χ1n) is 5.29. The highest BCUT2D eigenvalue weighted by molar-refractivity contribution is 7.99. The minimum absolute atomic E-state index is 0.136. The van der Waals surface area contributed by atoms with Crippen molar-refractivity contribution >= 4 is 23.6 Å². The van der Waals surface area contributed by atoms with Gasteiger partial charge in [-0.15, -0.1) is 0 Å². The van der Waals surface area contributed by atoms with E-state index in [1.165, 1.54) is 11.8 Å². The van der Waals surface area contributed by atoms with Crippen LogP contribution in [0.4, 0.5) is 0 Å². The molecule has 1 fully saturated rings. The van der Waals surface area contributed by atoms with E-state index in [2.05, 4.69) is 5.32 Å². The summed E-state index contributed by atoms with van der Waals surface area (Å²) in [5.74, 6) is -0.220. The van der Waals surface area contributed by atoms with Crippen LogP contribution in [0.1, 0.15) is 6.42 Å². The van der Waals surface area contributed by atoms with Crippen LogP contribution in [-0.4, -0.2) is 61.0 Å². The number of amides is 1. The zero-order valence-corrected chi connectivity index (χ0v) is 10.5. The van der Waals surface area contributed by atoms with Gasteiger partial charge in [-0.25, -0.2) is 4.79 Å². The second-order valence-corrected chi connectivity index (χ2v) is 4.89. The van der Waals surface area contributed by atoms with Crippen molar-refractivity contribution in [2.75, 3.05) is 38.4 Å². The third-order valence-electron chi connectivity index (χ3n) is 2.47. The summed E-state index contributed by atoms with van der Waals surface area (Å²) < 4.78 is 9.80. The highest BCUT2D eigenvalue weighted by Crippen LogP contribution is 2.28. The molecule has 1 saturated heterocycles. The molecule has 17 heavy (non-hydrogen) atoms. The van der Waals surface area contributed by atoms with E-state index in [4.69, 9.17) is 14.6 Å². The van der Waals surface area contributed by atoms with Crippen LogP contribution in [-0.2, 0) is 19.1 Å². The van der Waals surface area contributed by atoms with Gasteiger partial charge in [-0.3, -0.25) is 4.79 Å². The number of rotatable bonds is 7. The molecule has 0 aliphatic carbocycles. The second kappa shape index (κ2) is 6.83. The topological polar surface area (TPSA) is 84.9 Å². The average molecular weight is 263 g/mol. The van der Waals surface area contributed by atoms with Gasteiger partial charge >= 0.3 is 5.97 Å². The van der Waals surface area contributed by atoms with Gasteiger partial charge in [0, 0.05) is 12.9 Å². The largest absolute Gasteiger partial charge is 0.479 e. The number of hydrogen-bond acceptors (Lipinski definition) is 5. The van der Waals surface area contributed by atoms with E-state index in [1.807, 2.05) is 0 Å². The molecule has 1 aliphatic heterocycles. The number of carboxylic acid groups (broad SMARTS) is 1. The van der Waals surface area contributed by atoms with Crippen LogP contribution >= 0.6 is 11.8 Å². The maximum absolute atomic E-state index is 11.5. The van der Waals surface area contributed by atoms with E-state index < -0.39 is 17.4 Å². The number of nitrogens with one attached hydrogen (secondary N) is 1. The lowest BCUT2D eigenvalue weighted by molar-refractivity contribution is -0.147. The number of carbonyl (C=O) groups excluding carboxylic acids is 1. The maximum atomic E-state index is 11.5. The summed E-state index contributed by atoms with van der Waals surface area (Å²) in [5, 5.41) is 11.7. The first kappa shape index (κ1) is 14.3. The Hall–Kier alpha value is -0.790. The fraction of sp³-hybridized carbons (Fsp3) is 0.800. The number of aliphatic carboxylic acids is 1. The molecular weight excluding hydrogens is 246 g/mol. The molecule has 0 spiro atoms.